The summed E-state index contributed by atoms with van der Waals surface area (Å²) >= 11 is 1.86. The summed E-state index contributed by atoms with van der Waals surface area (Å²) in [6.45, 7) is 0.773. The fourth-order valence-electron chi connectivity index (χ4n) is 2.79. The van der Waals surface area contributed by atoms with Crippen LogP contribution >= 0.6 is 11.3 Å². The normalized spacial score (nSPS) is 17.3. The highest BCUT2D eigenvalue weighted by molar-refractivity contribution is 7.10. The van der Waals surface area contributed by atoms with Crippen molar-refractivity contribution in [3.63, 3.8) is 0 Å². The number of hydrogen-bond donors (Lipinski definition) is 2. The smallest absolute Gasteiger partial charge is 0.126 e. The van der Waals surface area contributed by atoms with E-state index in [0.29, 0.717) is 12.6 Å². The zero-order chi connectivity index (χ0) is 14.7. The van der Waals surface area contributed by atoms with Gasteiger partial charge < -0.3 is 15.3 Å². The van der Waals surface area contributed by atoms with Crippen molar-refractivity contribution < 1.29 is 5.11 Å². The number of rotatable bonds is 5. The molecule has 0 aliphatic heterocycles. The quantitative estimate of drug-likeness (QED) is 0.891. The molecule has 5 heteroatoms. The third-order valence-electron chi connectivity index (χ3n) is 4.00. The van der Waals surface area contributed by atoms with Crippen LogP contribution < -0.4 is 10.2 Å². The van der Waals surface area contributed by atoms with E-state index in [1.807, 2.05) is 41.6 Å². The molecule has 0 saturated heterocycles. The van der Waals surface area contributed by atoms with Crippen LogP contribution in [0, 0.1) is 0 Å². The van der Waals surface area contributed by atoms with Crippen molar-refractivity contribution in [1.82, 2.24) is 4.98 Å². The van der Waals surface area contributed by atoms with Gasteiger partial charge >= 0.3 is 0 Å². The first-order valence-corrected chi connectivity index (χ1v) is 8.27. The van der Waals surface area contributed by atoms with Gasteiger partial charge in [-0.25, -0.2) is 4.98 Å². The van der Waals surface area contributed by atoms with E-state index in [-0.39, 0.29) is 6.61 Å². The third-order valence-corrected chi connectivity index (χ3v) is 4.99. The van der Waals surface area contributed by atoms with E-state index in [2.05, 4.69) is 21.7 Å². The highest BCUT2D eigenvalue weighted by Crippen LogP contribution is 2.35. The number of pyridine rings is 1. The maximum atomic E-state index is 8.97. The van der Waals surface area contributed by atoms with E-state index in [9.17, 15) is 0 Å². The predicted octanol–water partition coefficient (Wildman–Crippen LogP) is 3.06. The van der Waals surface area contributed by atoms with Crippen molar-refractivity contribution in [3.8, 4) is 0 Å². The monoisotopic (exact) mass is 303 g/mol. The molecule has 0 amide bonds. The number of nitrogens with one attached hydrogen (secondary N) is 1. The molecule has 21 heavy (non-hydrogen) atoms. The molecule has 2 heterocycles. The lowest BCUT2D eigenvalue weighted by atomic mass is 9.94. The van der Waals surface area contributed by atoms with Gasteiger partial charge in [-0.1, -0.05) is 0 Å². The van der Waals surface area contributed by atoms with Gasteiger partial charge in [0.05, 0.1) is 24.5 Å². The summed E-state index contributed by atoms with van der Waals surface area (Å²) in [5.74, 6) is 0.917. The number of anilines is 2. The Bertz CT molecular complexity index is 581. The molecule has 3 rings (SSSR count). The van der Waals surface area contributed by atoms with Gasteiger partial charge in [0, 0.05) is 18.5 Å². The van der Waals surface area contributed by atoms with Gasteiger partial charge in [-0.05, 0) is 48.4 Å². The molecular formula is C16H21N3OS. The van der Waals surface area contributed by atoms with Gasteiger partial charge in [0.1, 0.15) is 5.82 Å². The number of hydrogen-bond acceptors (Lipinski definition) is 5. The van der Waals surface area contributed by atoms with Crippen LogP contribution in [0.15, 0.2) is 29.8 Å². The Balaban J connectivity index is 1.69. The van der Waals surface area contributed by atoms with E-state index in [0.717, 1.165) is 17.9 Å². The van der Waals surface area contributed by atoms with Crippen LogP contribution in [0.2, 0.25) is 0 Å². The topological polar surface area (TPSA) is 48.4 Å². The number of likely N-dealkylation sites (N-methyl/N-ethyl adjacent to an activating group) is 1. The fourth-order valence-corrected chi connectivity index (χ4v) is 3.78. The summed E-state index contributed by atoms with van der Waals surface area (Å²) in [7, 11) is 1.96. The molecule has 0 aromatic carbocycles. The van der Waals surface area contributed by atoms with Crippen LogP contribution in [0.5, 0.6) is 0 Å². The SMILES string of the molecule is CN(CCO)c1ccc(NC2CCCc3sccc32)nc1. The number of fused-ring (bicyclic) bond motifs is 1. The van der Waals surface area contributed by atoms with Crippen LogP contribution in [0.3, 0.4) is 0 Å². The Morgan fingerprint density at radius 1 is 1.43 bits per heavy atom. The Kier molecular flexibility index (Phi) is 4.41. The third kappa shape index (κ3) is 3.19. The summed E-state index contributed by atoms with van der Waals surface area (Å²) in [5, 5.41) is 14.7. The van der Waals surface area contributed by atoms with E-state index < -0.39 is 0 Å². The number of thiophene rings is 1. The Morgan fingerprint density at radius 2 is 2.33 bits per heavy atom. The minimum Gasteiger partial charge on any atom is -0.395 e. The zero-order valence-corrected chi connectivity index (χ0v) is 13.1. The second-order valence-corrected chi connectivity index (χ2v) is 6.44. The predicted molar refractivity (Wildman–Crippen MR) is 88.2 cm³/mol. The van der Waals surface area contributed by atoms with E-state index in [1.165, 1.54) is 23.3 Å². The highest BCUT2D eigenvalue weighted by Gasteiger charge is 2.21. The van der Waals surface area contributed by atoms with Gasteiger partial charge in [0.25, 0.3) is 0 Å². The lowest BCUT2D eigenvalue weighted by Gasteiger charge is -2.24. The summed E-state index contributed by atoms with van der Waals surface area (Å²) in [5.41, 5.74) is 2.46. The van der Waals surface area contributed by atoms with Crippen LogP contribution in [0.1, 0.15) is 29.3 Å². The molecule has 2 aromatic heterocycles. The number of aliphatic hydroxyl groups is 1. The standard InChI is InChI=1S/C16H21N3OS/c1-19(8-9-20)12-5-6-16(17-11-12)18-14-3-2-4-15-13(14)7-10-21-15/h5-7,10-11,14,20H,2-4,8-9H2,1H3,(H,17,18). The van der Waals surface area contributed by atoms with Crippen molar-refractivity contribution in [2.45, 2.75) is 25.3 Å². The lowest BCUT2D eigenvalue weighted by molar-refractivity contribution is 0.304. The average Bonchev–Trinajstić information content (AvgIpc) is 2.98. The number of aryl methyl sites for hydroxylation is 1. The molecule has 0 fully saturated rings. The molecule has 2 aromatic rings. The van der Waals surface area contributed by atoms with E-state index in [4.69, 9.17) is 5.11 Å². The second kappa shape index (κ2) is 6.45. The first-order chi connectivity index (χ1) is 10.3. The van der Waals surface area contributed by atoms with E-state index >= 15 is 0 Å². The second-order valence-electron chi connectivity index (χ2n) is 5.44. The number of aromatic nitrogens is 1. The molecule has 1 aliphatic rings. The van der Waals surface area contributed by atoms with Gasteiger partial charge in [-0.15, -0.1) is 11.3 Å². The van der Waals surface area contributed by atoms with Crippen LogP contribution in [0.4, 0.5) is 11.5 Å². The molecule has 0 spiro atoms. The maximum Gasteiger partial charge on any atom is 0.126 e. The molecular weight excluding hydrogens is 282 g/mol. The molecule has 112 valence electrons. The number of nitrogens with zero attached hydrogens (tertiary/aromatic N) is 2. The van der Waals surface area contributed by atoms with Crippen molar-refractivity contribution in [3.05, 3.63) is 40.2 Å². The van der Waals surface area contributed by atoms with Gasteiger partial charge in [0.2, 0.25) is 0 Å². The highest BCUT2D eigenvalue weighted by atomic mass is 32.1. The largest absolute Gasteiger partial charge is 0.395 e. The maximum absolute atomic E-state index is 8.97. The zero-order valence-electron chi connectivity index (χ0n) is 12.2. The van der Waals surface area contributed by atoms with Crippen LogP contribution in [-0.2, 0) is 6.42 Å². The number of aliphatic hydroxyl groups excluding tert-OH is 1. The minimum atomic E-state index is 0.152. The molecule has 1 unspecified atom stereocenters. The Morgan fingerprint density at radius 3 is 3.10 bits per heavy atom. The molecule has 1 aliphatic carbocycles. The summed E-state index contributed by atoms with van der Waals surface area (Å²) < 4.78 is 0. The lowest BCUT2D eigenvalue weighted by Crippen LogP contribution is -2.21. The molecule has 0 radical (unpaired) electrons. The van der Waals surface area contributed by atoms with Gasteiger partial charge in [-0.2, -0.15) is 0 Å². The molecule has 0 saturated carbocycles. The van der Waals surface area contributed by atoms with E-state index in [1.54, 1.807) is 0 Å². The van der Waals surface area contributed by atoms with Gasteiger partial charge in [0.15, 0.2) is 0 Å². The minimum absolute atomic E-state index is 0.152. The molecule has 0 bridgehead atoms. The Labute approximate surface area is 129 Å². The first kappa shape index (κ1) is 14.4. The van der Waals surface area contributed by atoms with Gasteiger partial charge in [-0.3, -0.25) is 0 Å². The molecule has 4 nitrogen and oxygen atoms in total. The van der Waals surface area contributed by atoms with Crippen LogP contribution in [-0.4, -0.2) is 30.3 Å². The molecule has 1 atom stereocenters. The molecule has 2 N–H and O–H groups in total. The fraction of sp³-hybridized carbons (Fsp3) is 0.438. The summed E-state index contributed by atoms with van der Waals surface area (Å²) in [6, 6.07) is 6.68. The summed E-state index contributed by atoms with van der Waals surface area (Å²) in [6.07, 6.45) is 5.47. The van der Waals surface area contributed by atoms with Crippen molar-refractivity contribution in [1.29, 1.82) is 0 Å². The van der Waals surface area contributed by atoms with Crippen molar-refractivity contribution >= 4 is 22.8 Å². The van der Waals surface area contributed by atoms with Crippen molar-refractivity contribution in [2.24, 2.45) is 0 Å². The van der Waals surface area contributed by atoms with Crippen molar-refractivity contribution in [2.75, 3.05) is 30.4 Å². The Hall–Kier alpha value is -1.59. The first-order valence-electron chi connectivity index (χ1n) is 7.39. The van der Waals surface area contributed by atoms with Crippen LogP contribution in [0.25, 0.3) is 0 Å². The average molecular weight is 303 g/mol. The summed E-state index contributed by atoms with van der Waals surface area (Å²) in [4.78, 5) is 8.01.